The summed E-state index contributed by atoms with van der Waals surface area (Å²) in [5.41, 5.74) is 0.239. The molecule has 0 bridgehead atoms. The van der Waals surface area contributed by atoms with E-state index in [9.17, 15) is 9.90 Å². The Morgan fingerprint density at radius 2 is 1.79 bits per heavy atom. The molecule has 0 aromatic heterocycles. The topological polar surface area (TPSA) is 46.5 Å². The first-order chi connectivity index (χ1) is 8.75. The molecule has 1 aromatic carbocycles. The van der Waals surface area contributed by atoms with Crippen LogP contribution in [0.4, 0.5) is 0 Å². The predicted molar refractivity (Wildman–Crippen MR) is 72.9 cm³/mol. The largest absolute Gasteiger partial charge is 1.00 e. The third-order valence-corrected chi connectivity index (χ3v) is 2.86. The van der Waals surface area contributed by atoms with Crippen LogP contribution in [0.25, 0.3) is 0 Å². The van der Waals surface area contributed by atoms with Gasteiger partial charge in [-0.05, 0) is 18.6 Å². The molecule has 1 aromatic rings. The minimum atomic E-state index is -0.443. The van der Waals surface area contributed by atoms with Crippen molar-refractivity contribution in [3.63, 3.8) is 0 Å². The number of phenolic OH excluding ortho intramolecular Hbond substituents is 1. The molecule has 0 amide bonds. The molecule has 0 aliphatic rings. The number of benzene rings is 1. The maximum Gasteiger partial charge on any atom is 1.00 e. The van der Waals surface area contributed by atoms with E-state index < -0.39 is 5.97 Å². The van der Waals surface area contributed by atoms with E-state index in [-0.39, 0.29) is 42.3 Å². The second-order valence-electron chi connectivity index (χ2n) is 4.42. The van der Waals surface area contributed by atoms with Gasteiger partial charge in [-0.1, -0.05) is 51.2 Å². The Hall–Kier alpha value is -0.510. The molecule has 102 valence electrons. The first-order valence-corrected chi connectivity index (χ1v) is 6.70. The van der Waals surface area contributed by atoms with Crippen LogP contribution in [0, 0.1) is 0 Å². The van der Waals surface area contributed by atoms with Crippen molar-refractivity contribution in [1.82, 2.24) is 0 Å². The zero-order valence-electron chi connectivity index (χ0n) is 13.0. The number of unbranched alkanes of at least 4 members (excludes halogenated alkanes) is 5. The van der Waals surface area contributed by atoms with E-state index >= 15 is 0 Å². The van der Waals surface area contributed by atoms with Gasteiger partial charge in [0.2, 0.25) is 0 Å². The van der Waals surface area contributed by atoms with Crippen LogP contribution in [0.2, 0.25) is 0 Å². The summed E-state index contributed by atoms with van der Waals surface area (Å²) in [4.78, 5) is 11.6. The van der Waals surface area contributed by atoms with Crippen LogP contribution in [-0.4, -0.2) is 17.7 Å². The fourth-order valence-electron chi connectivity index (χ4n) is 1.77. The fraction of sp³-hybridized carbons (Fsp3) is 0.533. The third kappa shape index (κ3) is 7.61. The Bertz CT molecular complexity index is 372. The molecule has 0 saturated carbocycles. The molecule has 0 atom stereocenters. The molecular formula is C15H23NaO3. The van der Waals surface area contributed by atoms with Gasteiger partial charge in [0.05, 0.1) is 6.61 Å². The Morgan fingerprint density at radius 3 is 2.47 bits per heavy atom. The van der Waals surface area contributed by atoms with Crippen molar-refractivity contribution in [2.24, 2.45) is 0 Å². The first-order valence-electron chi connectivity index (χ1n) is 6.70. The van der Waals surface area contributed by atoms with E-state index in [4.69, 9.17) is 4.74 Å². The van der Waals surface area contributed by atoms with Crippen LogP contribution < -0.4 is 29.6 Å². The van der Waals surface area contributed by atoms with Gasteiger partial charge in [0.1, 0.15) is 11.3 Å². The summed E-state index contributed by atoms with van der Waals surface area (Å²) in [6, 6.07) is 6.45. The summed E-state index contributed by atoms with van der Waals surface area (Å²) in [5.74, 6) is -0.466. The van der Waals surface area contributed by atoms with E-state index in [2.05, 4.69) is 6.92 Å². The number of carbonyl (C=O) groups is 1. The third-order valence-electron chi connectivity index (χ3n) is 2.86. The number of phenols is 1. The van der Waals surface area contributed by atoms with E-state index in [1.165, 1.54) is 31.7 Å². The first kappa shape index (κ1) is 18.5. The Labute approximate surface area is 139 Å². The molecule has 0 unspecified atom stereocenters. The molecule has 0 radical (unpaired) electrons. The average molecular weight is 274 g/mol. The van der Waals surface area contributed by atoms with Gasteiger partial charge < -0.3 is 11.3 Å². The SMILES string of the molecule is CCCCCCCCOC(=O)c1ccccc1O.[H-].[Na+]. The van der Waals surface area contributed by atoms with Crippen molar-refractivity contribution < 1.29 is 45.6 Å². The van der Waals surface area contributed by atoms with Crippen molar-refractivity contribution in [3.05, 3.63) is 29.8 Å². The fourth-order valence-corrected chi connectivity index (χ4v) is 1.77. The molecule has 1 N–H and O–H groups in total. The van der Waals surface area contributed by atoms with Crippen LogP contribution in [-0.2, 0) is 4.74 Å². The summed E-state index contributed by atoms with van der Waals surface area (Å²) < 4.78 is 5.12. The maximum absolute atomic E-state index is 11.6. The minimum absolute atomic E-state index is 0. The van der Waals surface area contributed by atoms with Gasteiger partial charge in [0, 0.05) is 0 Å². The van der Waals surface area contributed by atoms with Gasteiger partial charge in [-0.2, -0.15) is 0 Å². The Kier molecular flexibility index (Phi) is 11.0. The number of rotatable bonds is 8. The summed E-state index contributed by atoms with van der Waals surface area (Å²) in [7, 11) is 0. The molecular weight excluding hydrogens is 251 g/mol. The van der Waals surface area contributed by atoms with Crippen LogP contribution in [0.1, 0.15) is 57.2 Å². The number of carbonyl (C=O) groups excluding carboxylic acids is 1. The van der Waals surface area contributed by atoms with E-state index in [1.54, 1.807) is 18.2 Å². The maximum atomic E-state index is 11.6. The van der Waals surface area contributed by atoms with Gasteiger partial charge >= 0.3 is 35.5 Å². The summed E-state index contributed by atoms with van der Waals surface area (Å²) in [6.45, 7) is 2.62. The van der Waals surface area contributed by atoms with Crippen LogP contribution in [0.5, 0.6) is 5.75 Å². The molecule has 0 aliphatic carbocycles. The van der Waals surface area contributed by atoms with Crippen molar-refractivity contribution in [3.8, 4) is 5.75 Å². The van der Waals surface area contributed by atoms with Crippen molar-refractivity contribution in [2.75, 3.05) is 6.61 Å². The van der Waals surface area contributed by atoms with Crippen LogP contribution in [0.3, 0.4) is 0 Å². The van der Waals surface area contributed by atoms with Gasteiger partial charge in [-0.3, -0.25) is 0 Å². The second-order valence-corrected chi connectivity index (χ2v) is 4.42. The summed E-state index contributed by atoms with van der Waals surface area (Å²) in [6.07, 6.45) is 6.95. The van der Waals surface area contributed by atoms with Gasteiger partial charge in [0.15, 0.2) is 0 Å². The quantitative estimate of drug-likeness (QED) is 0.437. The second kappa shape index (κ2) is 11.3. The normalized spacial score (nSPS) is 9.74. The summed E-state index contributed by atoms with van der Waals surface area (Å²) >= 11 is 0. The molecule has 0 fully saturated rings. The zero-order chi connectivity index (χ0) is 13.2. The minimum Gasteiger partial charge on any atom is -1.00 e. The van der Waals surface area contributed by atoms with Crippen LogP contribution >= 0.6 is 0 Å². The molecule has 0 spiro atoms. The number of hydrogen-bond acceptors (Lipinski definition) is 3. The number of hydrogen-bond donors (Lipinski definition) is 1. The predicted octanol–water partition coefficient (Wildman–Crippen LogP) is 1.03. The Balaban J connectivity index is 0. The molecule has 0 heterocycles. The zero-order valence-corrected chi connectivity index (χ0v) is 14.0. The number of ether oxygens (including phenoxy) is 1. The monoisotopic (exact) mass is 274 g/mol. The van der Waals surface area contributed by atoms with Crippen molar-refractivity contribution in [2.45, 2.75) is 45.4 Å². The number of esters is 1. The molecule has 3 nitrogen and oxygen atoms in total. The molecule has 1 rings (SSSR count). The van der Waals surface area contributed by atoms with Gasteiger partial charge in [-0.15, -0.1) is 0 Å². The molecule has 0 saturated heterocycles. The van der Waals surface area contributed by atoms with Crippen LogP contribution in [0.15, 0.2) is 24.3 Å². The van der Waals surface area contributed by atoms with E-state index in [0.717, 1.165) is 12.8 Å². The van der Waals surface area contributed by atoms with Gasteiger partial charge in [-0.25, -0.2) is 4.79 Å². The van der Waals surface area contributed by atoms with Crippen molar-refractivity contribution >= 4 is 5.97 Å². The van der Waals surface area contributed by atoms with Crippen molar-refractivity contribution in [1.29, 1.82) is 0 Å². The number of para-hydroxylation sites is 1. The molecule has 4 heteroatoms. The average Bonchev–Trinajstić information content (AvgIpc) is 2.38. The Morgan fingerprint density at radius 1 is 1.16 bits per heavy atom. The molecule has 19 heavy (non-hydrogen) atoms. The number of aromatic hydroxyl groups is 1. The molecule has 0 aliphatic heterocycles. The summed E-state index contributed by atoms with van der Waals surface area (Å²) in [5, 5.41) is 9.48. The van der Waals surface area contributed by atoms with Gasteiger partial charge in [0.25, 0.3) is 0 Å². The van der Waals surface area contributed by atoms with E-state index in [1.807, 2.05) is 0 Å². The standard InChI is InChI=1S/C15H22O3.Na.H/c1-2-3-4-5-6-9-12-18-15(17)13-10-7-8-11-14(13)16;;/h7-8,10-11,16H,2-6,9,12H2,1H3;;/q;+1;-1. The van der Waals surface area contributed by atoms with E-state index in [0.29, 0.717) is 6.61 Å². The smallest absolute Gasteiger partial charge is 1.00 e.